The van der Waals surface area contributed by atoms with Gasteiger partial charge in [0.2, 0.25) is 0 Å². The van der Waals surface area contributed by atoms with Crippen molar-refractivity contribution in [3.05, 3.63) is 66.2 Å². The molecule has 0 saturated carbocycles. The molecule has 0 spiro atoms. The minimum Gasteiger partial charge on any atom is -0.497 e. The zero-order valence-electron chi connectivity index (χ0n) is 12.7. The quantitative estimate of drug-likeness (QED) is 0.689. The summed E-state index contributed by atoms with van der Waals surface area (Å²) in [4.78, 5) is 2.44. The third-order valence-electron chi connectivity index (χ3n) is 4.37. The number of para-hydroxylation sites is 1. The van der Waals surface area contributed by atoms with Crippen molar-refractivity contribution in [2.45, 2.75) is 13.1 Å². The molecular formula is C19H19N2O+. The lowest BCUT2D eigenvalue weighted by Gasteiger charge is -2.11. The Balaban J connectivity index is 1.65. The molecule has 3 nitrogen and oxygen atoms in total. The van der Waals surface area contributed by atoms with E-state index in [1.54, 1.807) is 7.11 Å². The maximum absolute atomic E-state index is 5.23. The smallest absolute Gasteiger partial charge is 0.277 e. The Morgan fingerprint density at radius 1 is 1.00 bits per heavy atom. The first-order valence-corrected chi connectivity index (χ1v) is 7.64. The van der Waals surface area contributed by atoms with Crippen molar-refractivity contribution in [3.63, 3.8) is 0 Å². The average Bonchev–Trinajstić information content (AvgIpc) is 2.99. The van der Waals surface area contributed by atoms with Crippen LogP contribution in [0.2, 0.25) is 0 Å². The summed E-state index contributed by atoms with van der Waals surface area (Å²) < 4.78 is 7.64. The van der Waals surface area contributed by atoms with E-state index in [-0.39, 0.29) is 0 Å². The molecule has 1 aliphatic heterocycles. The molecule has 0 fully saturated rings. The number of anilines is 1. The van der Waals surface area contributed by atoms with E-state index >= 15 is 0 Å². The monoisotopic (exact) mass is 291 g/mol. The molecule has 0 bridgehead atoms. The van der Waals surface area contributed by atoms with Gasteiger partial charge in [-0.15, -0.1) is 0 Å². The van der Waals surface area contributed by atoms with Crippen LogP contribution in [0.25, 0.3) is 10.9 Å². The number of aromatic nitrogens is 1. The normalized spacial score (nSPS) is 13.4. The van der Waals surface area contributed by atoms with Crippen molar-refractivity contribution in [1.82, 2.24) is 0 Å². The molecule has 2 heterocycles. The Morgan fingerprint density at radius 2 is 1.82 bits per heavy atom. The number of ether oxygens (including phenoxy) is 1. The van der Waals surface area contributed by atoms with Crippen LogP contribution in [0, 0.1) is 0 Å². The van der Waals surface area contributed by atoms with Gasteiger partial charge in [-0.3, -0.25) is 4.90 Å². The van der Waals surface area contributed by atoms with Crippen LogP contribution < -0.4 is 14.2 Å². The third-order valence-corrected chi connectivity index (χ3v) is 4.37. The zero-order chi connectivity index (χ0) is 14.9. The van der Waals surface area contributed by atoms with Gasteiger partial charge in [-0.1, -0.05) is 30.3 Å². The van der Waals surface area contributed by atoms with Crippen LogP contribution in [-0.4, -0.2) is 13.7 Å². The summed E-state index contributed by atoms with van der Waals surface area (Å²) >= 11 is 0. The van der Waals surface area contributed by atoms with Crippen molar-refractivity contribution < 1.29 is 9.30 Å². The second kappa shape index (κ2) is 5.34. The Labute approximate surface area is 130 Å². The summed E-state index contributed by atoms with van der Waals surface area (Å²) in [5.74, 6) is 2.21. The molecule has 1 aliphatic rings. The fourth-order valence-corrected chi connectivity index (χ4v) is 3.21. The summed E-state index contributed by atoms with van der Waals surface area (Å²) in [6.07, 6.45) is 0. The molecule has 0 N–H and O–H groups in total. The number of benzene rings is 2. The van der Waals surface area contributed by atoms with E-state index < -0.39 is 0 Å². The van der Waals surface area contributed by atoms with Crippen LogP contribution >= 0.6 is 0 Å². The summed E-state index contributed by atoms with van der Waals surface area (Å²) in [5.41, 5.74) is 2.62. The standard InChI is InChI=1S/C19H19N2O/c1-22-17-9-6-15(7-10-17)14-20-12-13-21-18-5-3-2-4-16(18)8-11-19(20)21/h2-11H,12-14H2,1H3/q+1. The predicted molar refractivity (Wildman–Crippen MR) is 88.2 cm³/mol. The fourth-order valence-electron chi connectivity index (χ4n) is 3.21. The molecule has 0 saturated heterocycles. The second-order valence-electron chi connectivity index (χ2n) is 5.67. The Hall–Kier alpha value is -2.55. The van der Waals surface area contributed by atoms with Crippen LogP contribution in [-0.2, 0) is 13.1 Å². The number of pyridine rings is 1. The number of hydrogen-bond donors (Lipinski definition) is 0. The zero-order valence-corrected chi connectivity index (χ0v) is 12.7. The molecule has 110 valence electrons. The molecule has 0 unspecified atom stereocenters. The van der Waals surface area contributed by atoms with Crippen LogP contribution in [0.3, 0.4) is 0 Å². The van der Waals surface area contributed by atoms with Crippen LogP contribution in [0.4, 0.5) is 5.82 Å². The van der Waals surface area contributed by atoms with E-state index in [1.807, 2.05) is 12.1 Å². The maximum atomic E-state index is 5.23. The van der Waals surface area contributed by atoms with Gasteiger partial charge in [0.05, 0.1) is 7.11 Å². The van der Waals surface area contributed by atoms with Gasteiger partial charge in [0.1, 0.15) is 30.9 Å². The summed E-state index contributed by atoms with van der Waals surface area (Å²) in [5, 5.41) is 1.30. The van der Waals surface area contributed by atoms with Gasteiger partial charge in [0, 0.05) is 11.5 Å². The Kier molecular flexibility index (Phi) is 3.19. The molecule has 0 atom stereocenters. The SMILES string of the molecule is COc1ccc(CN2CC[n+]3c2ccc2ccccc23)cc1. The van der Waals surface area contributed by atoms with E-state index in [1.165, 1.54) is 22.3 Å². The summed E-state index contributed by atoms with van der Waals surface area (Å²) in [6.45, 7) is 3.04. The van der Waals surface area contributed by atoms with Gasteiger partial charge in [0.25, 0.3) is 5.82 Å². The van der Waals surface area contributed by atoms with Crippen LogP contribution in [0.1, 0.15) is 5.56 Å². The minimum atomic E-state index is 0.908. The van der Waals surface area contributed by atoms with Crippen molar-refractivity contribution in [2.75, 3.05) is 18.6 Å². The van der Waals surface area contributed by atoms with Crippen molar-refractivity contribution in [3.8, 4) is 5.75 Å². The molecule has 0 amide bonds. The first-order valence-electron chi connectivity index (χ1n) is 7.64. The van der Waals surface area contributed by atoms with Crippen LogP contribution in [0.5, 0.6) is 5.75 Å². The number of fused-ring (bicyclic) bond motifs is 3. The van der Waals surface area contributed by atoms with Crippen molar-refractivity contribution in [2.24, 2.45) is 0 Å². The Morgan fingerprint density at radius 3 is 2.64 bits per heavy atom. The van der Waals surface area contributed by atoms with Gasteiger partial charge >= 0.3 is 0 Å². The van der Waals surface area contributed by atoms with Gasteiger partial charge in [-0.05, 0) is 29.8 Å². The predicted octanol–water partition coefficient (Wildman–Crippen LogP) is 3.16. The van der Waals surface area contributed by atoms with E-state index in [0.717, 1.165) is 25.4 Å². The lowest BCUT2D eigenvalue weighted by atomic mass is 10.2. The van der Waals surface area contributed by atoms with Crippen molar-refractivity contribution >= 4 is 16.7 Å². The number of nitrogens with zero attached hydrogens (tertiary/aromatic N) is 2. The van der Waals surface area contributed by atoms with Crippen molar-refractivity contribution in [1.29, 1.82) is 0 Å². The average molecular weight is 291 g/mol. The molecule has 0 aliphatic carbocycles. The molecule has 3 aromatic rings. The number of methoxy groups -OCH3 is 1. The highest BCUT2D eigenvalue weighted by Gasteiger charge is 2.28. The van der Waals surface area contributed by atoms with E-state index in [9.17, 15) is 0 Å². The Bertz CT molecular complexity index is 811. The fraction of sp³-hybridized carbons (Fsp3) is 0.211. The molecule has 1 aromatic heterocycles. The molecule has 2 aromatic carbocycles. The number of rotatable bonds is 3. The molecule has 22 heavy (non-hydrogen) atoms. The molecule has 4 rings (SSSR count). The van der Waals surface area contributed by atoms with E-state index in [0.29, 0.717) is 0 Å². The lowest BCUT2D eigenvalue weighted by molar-refractivity contribution is -0.644. The minimum absolute atomic E-state index is 0.908. The first-order chi connectivity index (χ1) is 10.8. The number of hydrogen-bond acceptors (Lipinski definition) is 2. The highest BCUT2D eigenvalue weighted by atomic mass is 16.5. The second-order valence-corrected chi connectivity index (χ2v) is 5.67. The van der Waals surface area contributed by atoms with Gasteiger partial charge in [-0.2, -0.15) is 0 Å². The third kappa shape index (κ3) is 2.19. The topological polar surface area (TPSA) is 16.4 Å². The van der Waals surface area contributed by atoms with E-state index in [4.69, 9.17) is 4.74 Å². The molecule has 3 heteroatoms. The molecular weight excluding hydrogens is 272 g/mol. The highest BCUT2D eigenvalue weighted by molar-refractivity contribution is 5.76. The lowest BCUT2D eigenvalue weighted by Crippen LogP contribution is -2.32. The largest absolute Gasteiger partial charge is 0.497 e. The van der Waals surface area contributed by atoms with Gasteiger partial charge in [-0.25, -0.2) is 4.57 Å². The van der Waals surface area contributed by atoms with E-state index in [2.05, 4.69) is 58.0 Å². The summed E-state index contributed by atoms with van der Waals surface area (Å²) in [7, 11) is 1.70. The van der Waals surface area contributed by atoms with Gasteiger partial charge in [0.15, 0.2) is 0 Å². The van der Waals surface area contributed by atoms with Gasteiger partial charge < -0.3 is 4.74 Å². The maximum Gasteiger partial charge on any atom is 0.277 e. The first kappa shape index (κ1) is 13.1. The molecule has 0 radical (unpaired) electrons. The highest BCUT2D eigenvalue weighted by Crippen LogP contribution is 2.22. The van der Waals surface area contributed by atoms with Crippen LogP contribution in [0.15, 0.2) is 60.7 Å². The summed E-state index contributed by atoms with van der Waals surface area (Å²) in [6, 6.07) is 21.4.